The molecule has 1 aromatic carbocycles. The topological polar surface area (TPSA) is 81.7 Å². The lowest BCUT2D eigenvalue weighted by molar-refractivity contribution is 0.0682. The first-order valence-corrected chi connectivity index (χ1v) is 9.75. The average Bonchev–Trinajstić information content (AvgIpc) is 3.40. The van der Waals surface area contributed by atoms with Crippen LogP contribution in [-0.2, 0) is 6.54 Å². The van der Waals surface area contributed by atoms with Gasteiger partial charge in [-0.1, -0.05) is 19.9 Å². The van der Waals surface area contributed by atoms with Crippen LogP contribution in [-0.4, -0.2) is 53.7 Å². The third-order valence-electron chi connectivity index (χ3n) is 5.33. The van der Waals surface area contributed by atoms with Crippen LogP contribution in [0.1, 0.15) is 48.8 Å². The van der Waals surface area contributed by atoms with Gasteiger partial charge < -0.3 is 9.47 Å². The number of piperidine rings is 1. The molecule has 8 heteroatoms. The maximum atomic E-state index is 12.9. The first kappa shape index (κ1) is 18.3. The highest BCUT2D eigenvalue weighted by Crippen LogP contribution is 2.23. The highest BCUT2D eigenvalue weighted by atomic mass is 16.2. The quantitative estimate of drug-likeness (QED) is 0.680. The summed E-state index contributed by atoms with van der Waals surface area (Å²) in [7, 11) is 0. The van der Waals surface area contributed by atoms with Gasteiger partial charge in [-0.05, 0) is 47.4 Å². The molecule has 0 bridgehead atoms. The number of rotatable bonds is 5. The molecule has 0 unspecified atom stereocenters. The summed E-state index contributed by atoms with van der Waals surface area (Å²) in [4.78, 5) is 19.4. The van der Waals surface area contributed by atoms with Crippen molar-refractivity contribution in [3.8, 4) is 5.69 Å². The van der Waals surface area contributed by atoms with Gasteiger partial charge in [-0.15, -0.1) is 5.10 Å². The smallest absolute Gasteiger partial charge is 0.253 e. The molecule has 3 heterocycles. The van der Waals surface area contributed by atoms with Crippen LogP contribution in [0.3, 0.4) is 0 Å². The van der Waals surface area contributed by atoms with Crippen molar-refractivity contribution in [2.45, 2.75) is 39.2 Å². The summed E-state index contributed by atoms with van der Waals surface area (Å²) in [6.45, 7) is 6.88. The molecule has 0 N–H and O–H groups in total. The minimum absolute atomic E-state index is 0.0684. The van der Waals surface area contributed by atoms with Crippen LogP contribution in [0.2, 0.25) is 0 Å². The minimum Gasteiger partial charge on any atom is -0.339 e. The Labute approximate surface area is 164 Å². The minimum atomic E-state index is 0.0684. The van der Waals surface area contributed by atoms with Crippen LogP contribution in [0.15, 0.2) is 43.0 Å². The Bertz CT molecular complexity index is 924. The third kappa shape index (κ3) is 3.81. The summed E-state index contributed by atoms with van der Waals surface area (Å²) >= 11 is 0. The highest BCUT2D eigenvalue weighted by Gasteiger charge is 2.24. The molecule has 146 valence electrons. The first-order chi connectivity index (χ1) is 13.6. The fourth-order valence-corrected chi connectivity index (χ4v) is 3.82. The molecule has 4 rings (SSSR count). The second kappa shape index (κ2) is 7.92. The van der Waals surface area contributed by atoms with E-state index in [4.69, 9.17) is 0 Å². The molecule has 0 spiro atoms. The van der Waals surface area contributed by atoms with Crippen LogP contribution >= 0.6 is 0 Å². The van der Waals surface area contributed by atoms with Gasteiger partial charge in [0.05, 0.1) is 5.69 Å². The van der Waals surface area contributed by atoms with Crippen molar-refractivity contribution >= 4 is 5.91 Å². The number of hydrogen-bond donors (Lipinski definition) is 0. The third-order valence-corrected chi connectivity index (χ3v) is 5.33. The van der Waals surface area contributed by atoms with E-state index in [0.717, 1.165) is 44.0 Å². The predicted molar refractivity (Wildman–Crippen MR) is 104 cm³/mol. The van der Waals surface area contributed by atoms with E-state index in [1.807, 2.05) is 35.4 Å². The molecule has 0 saturated carbocycles. The molecule has 0 radical (unpaired) electrons. The second-order valence-electron chi connectivity index (χ2n) is 7.63. The zero-order valence-electron chi connectivity index (χ0n) is 16.3. The van der Waals surface area contributed by atoms with Crippen LogP contribution in [0.4, 0.5) is 0 Å². The maximum absolute atomic E-state index is 12.9. The number of carbonyl (C=O) groups excluding carboxylic acids is 1. The van der Waals surface area contributed by atoms with Crippen LogP contribution < -0.4 is 0 Å². The molecule has 1 saturated heterocycles. The van der Waals surface area contributed by atoms with Crippen molar-refractivity contribution in [1.29, 1.82) is 0 Å². The van der Waals surface area contributed by atoms with Gasteiger partial charge in [-0.3, -0.25) is 4.79 Å². The van der Waals surface area contributed by atoms with Gasteiger partial charge in [0.2, 0.25) is 0 Å². The Kier molecular flexibility index (Phi) is 5.18. The Morgan fingerprint density at radius 3 is 2.79 bits per heavy atom. The monoisotopic (exact) mass is 379 g/mol. The van der Waals surface area contributed by atoms with Crippen LogP contribution in [0.5, 0.6) is 0 Å². The SMILES string of the molecule is CC(C)c1nccn1CC1CCN(C(=O)c2cccc(-n3cnnn3)c2)CC1. The zero-order chi connectivity index (χ0) is 19.5. The number of hydrogen-bond acceptors (Lipinski definition) is 5. The fourth-order valence-electron chi connectivity index (χ4n) is 3.82. The van der Waals surface area contributed by atoms with Crippen molar-refractivity contribution in [2.24, 2.45) is 5.92 Å². The lowest BCUT2D eigenvalue weighted by Gasteiger charge is -2.32. The molecule has 1 amide bonds. The van der Waals surface area contributed by atoms with Crippen molar-refractivity contribution < 1.29 is 4.79 Å². The maximum Gasteiger partial charge on any atom is 0.253 e. The molecule has 2 aromatic heterocycles. The van der Waals surface area contributed by atoms with Crippen LogP contribution in [0, 0.1) is 5.92 Å². The van der Waals surface area contributed by atoms with Gasteiger partial charge in [-0.25, -0.2) is 9.67 Å². The predicted octanol–water partition coefficient (Wildman–Crippen LogP) is 2.53. The average molecular weight is 379 g/mol. The Morgan fingerprint density at radius 2 is 2.07 bits per heavy atom. The van der Waals surface area contributed by atoms with Crippen molar-refractivity contribution in [3.63, 3.8) is 0 Å². The summed E-state index contributed by atoms with van der Waals surface area (Å²) in [6.07, 6.45) is 7.49. The van der Waals surface area contributed by atoms with E-state index in [2.05, 4.69) is 45.1 Å². The van der Waals surface area contributed by atoms with Crippen LogP contribution in [0.25, 0.3) is 5.69 Å². The van der Waals surface area contributed by atoms with Crippen molar-refractivity contribution in [2.75, 3.05) is 13.1 Å². The molecule has 3 aromatic rings. The number of amides is 1. The van der Waals surface area contributed by atoms with E-state index in [-0.39, 0.29) is 5.91 Å². The first-order valence-electron chi connectivity index (χ1n) is 9.75. The van der Waals surface area contributed by atoms with Crippen molar-refractivity contribution in [3.05, 3.63) is 54.4 Å². The van der Waals surface area contributed by atoms with E-state index in [0.29, 0.717) is 17.4 Å². The number of nitrogens with zero attached hydrogens (tertiary/aromatic N) is 7. The standard InChI is InChI=1S/C20H25N7O/c1-15(2)19-21-8-11-26(19)13-16-6-9-25(10-7-16)20(28)17-4-3-5-18(12-17)27-14-22-23-24-27/h3-5,8,11-12,14-16H,6-7,9-10,13H2,1-2H3. The van der Waals surface area contributed by atoms with Gasteiger partial charge in [0.1, 0.15) is 12.2 Å². The van der Waals surface area contributed by atoms with Crippen molar-refractivity contribution in [1.82, 2.24) is 34.7 Å². The fraction of sp³-hybridized carbons (Fsp3) is 0.450. The number of tetrazole rings is 1. The highest BCUT2D eigenvalue weighted by molar-refractivity contribution is 5.94. The molecular formula is C20H25N7O. The normalized spacial score (nSPS) is 15.3. The summed E-state index contributed by atoms with van der Waals surface area (Å²) in [5.74, 6) is 2.20. The Morgan fingerprint density at radius 1 is 1.25 bits per heavy atom. The van der Waals surface area contributed by atoms with Gasteiger partial charge >= 0.3 is 0 Å². The lowest BCUT2D eigenvalue weighted by atomic mass is 9.96. The Hall–Kier alpha value is -3.03. The van der Waals surface area contributed by atoms with E-state index in [9.17, 15) is 4.79 Å². The molecule has 0 atom stereocenters. The Balaban J connectivity index is 1.38. The lowest BCUT2D eigenvalue weighted by Crippen LogP contribution is -2.39. The molecule has 1 aliphatic heterocycles. The van der Waals surface area contributed by atoms with E-state index in [1.54, 1.807) is 4.68 Å². The molecule has 0 aliphatic carbocycles. The number of carbonyl (C=O) groups is 1. The summed E-state index contributed by atoms with van der Waals surface area (Å²) in [6, 6.07) is 7.44. The summed E-state index contributed by atoms with van der Waals surface area (Å²) in [5, 5.41) is 11.2. The number of likely N-dealkylation sites (tertiary alicyclic amines) is 1. The molecule has 8 nitrogen and oxygen atoms in total. The van der Waals surface area contributed by atoms with Gasteiger partial charge in [0.25, 0.3) is 5.91 Å². The van der Waals surface area contributed by atoms with Gasteiger partial charge in [0.15, 0.2) is 0 Å². The van der Waals surface area contributed by atoms with E-state index >= 15 is 0 Å². The molecule has 28 heavy (non-hydrogen) atoms. The molecular weight excluding hydrogens is 354 g/mol. The summed E-state index contributed by atoms with van der Waals surface area (Å²) < 4.78 is 3.82. The summed E-state index contributed by atoms with van der Waals surface area (Å²) in [5.41, 5.74) is 1.45. The zero-order valence-corrected chi connectivity index (χ0v) is 16.3. The largest absolute Gasteiger partial charge is 0.339 e. The molecule has 1 fully saturated rings. The second-order valence-corrected chi connectivity index (χ2v) is 7.63. The van der Waals surface area contributed by atoms with Gasteiger partial charge in [-0.2, -0.15) is 0 Å². The molecule has 1 aliphatic rings. The number of imidazole rings is 1. The number of benzene rings is 1. The van der Waals surface area contributed by atoms with E-state index < -0.39 is 0 Å². The number of aromatic nitrogens is 6. The van der Waals surface area contributed by atoms with Gasteiger partial charge in [0, 0.05) is 43.5 Å². The van der Waals surface area contributed by atoms with E-state index in [1.165, 1.54) is 6.33 Å².